The van der Waals surface area contributed by atoms with E-state index in [-0.39, 0.29) is 42.1 Å². The standard InChI is InChI=1S/C5H8.2W/c1-5(2,3)4;;/h1-4H2;;/q-4;2*+2. The first-order valence-corrected chi connectivity index (χ1v) is 1.41. The van der Waals surface area contributed by atoms with Crippen molar-refractivity contribution in [2.75, 3.05) is 0 Å². The van der Waals surface area contributed by atoms with Gasteiger partial charge in [-0.25, -0.2) is 0 Å². The fraction of sp³-hybridized carbons (Fsp3) is 0.200. The Balaban J connectivity index is -0.0000000800. The van der Waals surface area contributed by atoms with E-state index in [1.54, 1.807) is 0 Å². The van der Waals surface area contributed by atoms with Crippen molar-refractivity contribution in [3.8, 4) is 0 Å². The summed E-state index contributed by atoms with van der Waals surface area (Å²) in [4.78, 5) is 0. The molecule has 0 aliphatic carbocycles. The first-order valence-electron chi connectivity index (χ1n) is 1.41. The maximum absolute atomic E-state index is 3.44. The second-order valence-corrected chi connectivity index (χ2v) is 1.50. The van der Waals surface area contributed by atoms with Gasteiger partial charge in [-0.1, -0.05) is 0 Å². The maximum Gasteiger partial charge on any atom is 2.00 e. The minimum absolute atomic E-state index is 0. The SMILES string of the molecule is [CH2-]C([CH2-])([CH2-])[CH2-].[W+2].[W+2]. The smallest absolute Gasteiger partial charge is 0.584 e. The second kappa shape index (κ2) is 5.51. The molecule has 0 bridgehead atoms. The van der Waals surface area contributed by atoms with Gasteiger partial charge in [0.15, 0.2) is 0 Å². The van der Waals surface area contributed by atoms with Crippen LogP contribution in [0.25, 0.3) is 0 Å². The van der Waals surface area contributed by atoms with Crippen LogP contribution in [-0.2, 0) is 42.1 Å². The Labute approximate surface area is 75.0 Å². The molecule has 0 radical (unpaired) electrons. The minimum atomic E-state index is -0.500. The summed E-state index contributed by atoms with van der Waals surface area (Å²) >= 11 is 0. The zero-order chi connectivity index (χ0) is 4.50. The average molecular weight is 436 g/mol. The molecule has 0 aromatic carbocycles. The van der Waals surface area contributed by atoms with Crippen LogP contribution in [0.3, 0.4) is 0 Å². The van der Waals surface area contributed by atoms with Gasteiger partial charge in [0.25, 0.3) is 0 Å². The van der Waals surface area contributed by atoms with Gasteiger partial charge in [0, 0.05) is 0 Å². The molecule has 0 heterocycles. The van der Waals surface area contributed by atoms with Crippen molar-refractivity contribution in [3.05, 3.63) is 27.7 Å². The molecule has 7 heavy (non-hydrogen) atoms. The van der Waals surface area contributed by atoms with Crippen molar-refractivity contribution in [2.24, 2.45) is 5.41 Å². The number of rotatable bonds is 0. The Kier molecular flexibility index (Phi) is 12.4. The largest absolute Gasteiger partial charge is 2.00 e. The van der Waals surface area contributed by atoms with Crippen molar-refractivity contribution in [1.29, 1.82) is 0 Å². The van der Waals surface area contributed by atoms with Gasteiger partial charge in [-0.05, 0) is 0 Å². The quantitative estimate of drug-likeness (QED) is 0.503. The summed E-state index contributed by atoms with van der Waals surface area (Å²) in [5.41, 5.74) is -0.500. The van der Waals surface area contributed by atoms with Crippen LogP contribution in [0.15, 0.2) is 0 Å². The van der Waals surface area contributed by atoms with E-state index in [0.29, 0.717) is 0 Å². The van der Waals surface area contributed by atoms with Crippen molar-refractivity contribution in [1.82, 2.24) is 0 Å². The molecule has 0 atom stereocenters. The van der Waals surface area contributed by atoms with Gasteiger partial charge in [0.05, 0.1) is 0 Å². The van der Waals surface area contributed by atoms with Gasteiger partial charge < -0.3 is 33.1 Å². The molecule has 40 valence electrons. The molecule has 0 aromatic heterocycles. The van der Waals surface area contributed by atoms with Crippen molar-refractivity contribution >= 4 is 0 Å². The van der Waals surface area contributed by atoms with E-state index in [2.05, 4.69) is 27.7 Å². The molecule has 0 unspecified atom stereocenters. The molecule has 0 saturated carbocycles. The Bertz CT molecular complexity index is 21.6. The van der Waals surface area contributed by atoms with Gasteiger partial charge in [0.2, 0.25) is 0 Å². The molecule has 0 amide bonds. The van der Waals surface area contributed by atoms with Gasteiger partial charge in [-0.3, -0.25) is 0 Å². The van der Waals surface area contributed by atoms with Crippen LogP contribution in [0, 0.1) is 33.1 Å². The van der Waals surface area contributed by atoms with E-state index in [1.165, 1.54) is 0 Å². The molecule has 0 rings (SSSR count). The molecule has 2 heteroatoms. The first-order chi connectivity index (χ1) is 2.00. The molecule has 0 aliphatic heterocycles. The Morgan fingerprint density at radius 3 is 0.714 bits per heavy atom. The summed E-state index contributed by atoms with van der Waals surface area (Å²) in [6.07, 6.45) is 0. The van der Waals surface area contributed by atoms with E-state index in [1.807, 2.05) is 0 Å². The molecule has 0 N–H and O–H groups in total. The fourth-order valence-electron chi connectivity index (χ4n) is 0. The average Bonchev–Trinajstić information content (AvgIpc) is 0.722. The van der Waals surface area contributed by atoms with Crippen molar-refractivity contribution in [3.63, 3.8) is 0 Å². The Morgan fingerprint density at radius 2 is 0.714 bits per heavy atom. The molecule has 0 nitrogen and oxygen atoms in total. The van der Waals surface area contributed by atoms with Crippen LogP contribution in [-0.4, -0.2) is 0 Å². The summed E-state index contributed by atoms with van der Waals surface area (Å²) < 4.78 is 0. The van der Waals surface area contributed by atoms with Gasteiger partial charge in [-0.2, -0.15) is 0 Å². The molecule has 0 saturated heterocycles. The summed E-state index contributed by atoms with van der Waals surface area (Å²) in [6.45, 7) is 13.8. The predicted octanol–water partition coefficient (Wildman–Crippen LogP) is 1.30. The van der Waals surface area contributed by atoms with Crippen LogP contribution in [0.4, 0.5) is 0 Å². The van der Waals surface area contributed by atoms with Crippen molar-refractivity contribution < 1.29 is 42.1 Å². The molecule has 0 aromatic rings. The second-order valence-electron chi connectivity index (χ2n) is 1.50. The number of hydrogen-bond acceptors (Lipinski definition) is 0. The molecular formula is C5H8W2. The third-order valence-corrected chi connectivity index (χ3v) is 0. The minimum Gasteiger partial charge on any atom is -0.584 e. The van der Waals surface area contributed by atoms with E-state index in [9.17, 15) is 0 Å². The Morgan fingerprint density at radius 1 is 0.714 bits per heavy atom. The van der Waals surface area contributed by atoms with Crippen molar-refractivity contribution in [2.45, 2.75) is 0 Å². The molecule has 0 fully saturated rings. The molecule has 0 spiro atoms. The number of hydrogen-bond donors (Lipinski definition) is 0. The van der Waals surface area contributed by atoms with Crippen LogP contribution < -0.4 is 0 Å². The zero-order valence-corrected chi connectivity index (χ0v) is 10.0. The monoisotopic (exact) mass is 436 g/mol. The van der Waals surface area contributed by atoms with Gasteiger partial charge in [-0.15, -0.1) is 0 Å². The van der Waals surface area contributed by atoms with E-state index in [0.717, 1.165) is 0 Å². The molecule has 0 aliphatic rings. The summed E-state index contributed by atoms with van der Waals surface area (Å²) in [6, 6.07) is 0. The Hall–Kier alpha value is 1.38. The maximum atomic E-state index is 3.44. The summed E-state index contributed by atoms with van der Waals surface area (Å²) in [5, 5.41) is 0. The van der Waals surface area contributed by atoms with Crippen LogP contribution in [0.1, 0.15) is 0 Å². The van der Waals surface area contributed by atoms with Crippen LogP contribution in [0.5, 0.6) is 0 Å². The third kappa shape index (κ3) is 113. The van der Waals surface area contributed by atoms with Crippen LogP contribution in [0.2, 0.25) is 0 Å². The van der Waals surface area contributed by atoms with E-state index in [4.69, 9.17) is 0 Å². The van der Waals surface area contributed by atoms with Crippen LogP contribution >= 0.6 is 0 Å². The van der Waals surface area contributed by atoms with Gasteiger partial charge >= 0.3 is 42.1 Å². The normalized spacial score (nSPS) is 8.57. The van der Waals surface area contributed by atoms with E-state index >= 15 is 0 Å². The van der Waals surface area contributed by atoms with Gasteiger partial charge in [0.1, 0.15) is 0 Å². The summed E-state index contributed by atoms with van der Waals surface area (Å²) in [5.74, 6) is 0. The molecular weight excluding hydrogens is 428 g/mol. The first kappa shape index (κ1) is 15.8. The van der Waals surface area contributed by atoms with E-state index < -0.39 is 5.41 Å². The third-order valence-electron chi connectivity index (χ3n) is 0. The predicted molar refractivity (Wildman–Crippen MR) is 23.9 cm³/mol. The summed E-state index contributed by atoms with van der Waals surface area (Å²) in [7, 11) is 0. The fourth-order valence-corrected chi connectivity index (χ4v) is 0. The topological polar surface area (TPSA) is 0 Å². The zero-order valence-electron chi connectivity index (χ0n) is 4.14.